The normalized spacial score (nSPS) is 11.4. The van der Waals surface area contributed by atoms with Crippen molar-refractivity contribution in [3.63, 3.8) is 0 Å². The Morgan fingerprint density at radius 3 is 2.82 bits per heavy atom. The first-order valence-electron chi connectivity index (χ1n) is 9.32. The van der Waals surface area contributed by atoms with E-state index in [1.807, 2.05) is 48.7 Å². The van der Waals surface area contributed by atoms with Gasteiger partial charge in [0.05, 0.1) is 18.8 Å². The quantitative estimate of drug-likeness (QED) is 0.354. The summed E-state index contributed by atoms with van der Waals surface area (Å²) in [6.45, 7) is 1.89. The highest BCUT2D eigenvalue weighted by molar-refractivity contribution is 5.94. The van der Waals surface area contributed by atoms with E-state index in [1.165, 1.54) is 5.39 Å². The van der Waals surface area contributed by atoms with Crippen molar-refractivity contribution in [2.24, 2.45) is 4.99 Å². The van der Waals surface area contributed by atoms with Crippen molar-refractivity contribution in [1.82, 2.24) is 10.3 Å². The first-order chi connectivity index (χ1) is 13.8. The number of ether oxygens (including phenoxy) is 2. The van der Waals surface area contributed by atoms with Gasteiger partial charge >= 0.3 is 0 Å². The van der Waals surface area contributed by atoms with Crippen LogP contribution in [-0.4, -0.2) is 38.3 Å². The fraction of sp³-hybridized carbons (Fsp3) is 0.273. The van der Waals surface area contributed by atoms with Crippen molar-refractivity contribution >= 4 is 22.4 Å². The minimum Gasteiger partial charge on any atom is -0.493 e. The van der Waals surface area contributed by atoms with Gasteiger partial charge in [0, 0.05) is 50.5 Å². The first kappa shape index (κ1) is 19.6. The maximum atomic E-state index is 5.75. The number of rotatable bonds is 8. The molecule has 0 amide bonds. The van der Waals surface area contributed by atoms with Gasteiger partial charge in [-0.2, -0.15) is 0 Å². The Morgan fingerprint density at radius 1 is 1.07 bits per heavy atom. The SMILES string of the molecule is CN=C(NCc1nccc2ccccc12)Nc1cccc(OCCCOC)c1. The summed E-state index contributed by atoms with van der Waals surface area (Å²) in [6.07, 6.45) is 2.69. The van der Waals surface area contributed by atoms with E-state index < -0.39 is 0 Å². The summed E-state index contributed by atoms with van der Waals surface area (Å²) in [5, 5.41) is 8.93. The maximum absolute atomic E-state index is 5.75. The Hall–Kier alpha value is -3.12. The molecule has 0 aliphatic carbocycles. The number of hydrogen-bond donors (Lipinski definition) is 2. The molecule has 2 aromatic carbocycles. The topological polar surface area (TPSA) is 67.8 Å². The number of anilines is 1. The zero-order valence-corrected chi connectivity index (χ0v) is 16.3. The second-order valence-electron chi connectivity index (χ2n) is 6.25. The van der Waals surface area contributed by atoms with Crippen LogP contribution in [0, 0.1) is 0 Å². The Kier molecular flexibility index (Phi) is 7.21. The smallest absolute Gasteiger partial charge is 0.195 e. The van der Waals surface area contributed by atoms with Crippen LogP contribution in [0.4, 0.5) is 5.69 Å². The van der Waals surface area contributed by atoms with Crippen molar-refractivity contribution < 1.29 is 9.47 Å². The summed E-state index contributed by atoms with van der Waals surface area (Å²) in [7, 11) is 3.44. The second kappa shape index (κ2) is 10.3. The number of aromatic nitrogens is 1. The molecule has 6 nitrogen and oxygen atoms in total. The highest BCUT2D eigenvalue weighted by Gasteiger charge is 2.05. The van der Waals surface area contributed by atoms with E-state index in [0.29, 0.717) is 25.7 Å². The zero-order chi connectivity index (χ0) is 19.6. The van der Waals surface area contributed by atoms with E-state index in [4.69, 9.17) is 9.47 Å². The fourth-order valence-corrected chi connectivity index (χ4v) is 2.86. The third-order valence-electron chi connectivity index (χ3n) is 4.26. The average Bonchev–Trinajstić information content (AvgIpc) is 2.74. The molecule has 0 unspecified atom stereocenters. The third kappa shape index (κ3) is 5.44. The number of pyridine rings is 1. The summed E-state index contributed by atoms with van der Waals surface area (Å²) in [6, 6.07) is 18.1. The molecule has 0 spiro atoms. The monoisotopic (exact) mass is 378 g/mol. The molecule has 0 bridgehead atoms. The Labute approximate surface area is 165 Å². The van der Waals surface area contributed by atoms with Gasteiger partial charge in [-0.15, -0.1) is 0 Å². The molecule has 1 aromatic heterocycles. The third-order valence-corrected chi connectivity index (χ3v) is 4.26. The second-order valence-corrected chi connectivity index (χ2v) is 6.25. The molecule has 1 heterocycles. The number of benzene rings is 2. The number of fused-ring (bicyclic) bond motifs is 1. The predicted octanol–water partition coefficient (Wildman–Crippen LogP) is 3.84. The lowest BCUT2D eigenvalue weighted by Gasteiger charge is -2.14. The van der Waals surface area contributed by atoms with Crippen LogP contribution >= 0.6 is 0 Å². The minimum absolute atomic E-state index is 0.578. The van der Waals surface area contributed by atoms with Gasteiger partial charge in [0.25, 0.3) is 0 Å². The maximum Gasteiger partial charge on any atom is 0.195 e. The Bertz CT molecular complexity index is 922. The Morgan fingerprint density at radius 2 is 1.96 bits per heavy atom. The van der Waals surface area contributed by atoms with E-state index in [0.717, 1.165) is 28.9 Å². The molecule has 28 heavy (non-hydrogen) atoms. The van der Waals surface area contributed by atoms with E-state index in [-0.39, 0.29) is 0 Å². The van der Waals surface area contributed by atoms with Gasteiger partial charge in [0.1, 0.15) is 5.75 Å². The van der Waals surface area contributed by atoms with Gasteiger partial charge in [0.15, 0.2) is 5.96 Å². The molecule has 0 radical (unpaired) electrons. The number of nitrogens with zero attached hydrogens (tertiary/aromatic N) is 2. The molecule has 146 valence electrons. The van der Waals surface area contributed by atoms with E-state index >= 15 is 0 Å². The van der Waals surface area contributed by atoms with Crippen LogP contribution in [0.15, 0.2) is 65.8 Å². The molecule has 0 saturated carbocycles. The van der Waals surface area contributed by atoms with Crippen molar-refractivity contribution in [1.29, 1.82) is 0 Å². The van der Waals surface area contributed by atoms with E-state index in [2.05, 4.69) is 32.7 Å². The van der Waals surface area contributed by atoms with Gasteiger partial charge in [-0.25, -0.2) is 0 Å². The lowest BCUT2D eigenvalue weighted by molar-refractivity contribution is 0.172. The van der Waals surface area contributed by atoms with E-state index in [9.17, 15) is 0 Å². The lowest BCUT2D eigenvalue weighted by Crippen LogP contribution is -2.30. The molecular weight excluding hydrogens is 352 g/mol. The number of guanidine groups is 1. The van der Waals surface area contributed by atoms with Gasteiger partial charge in [-0.3, -0.25) is 9.98 Å². The summed E-state index contributed by atoms with van der Waals surface area (Å²) < 4.78 is 10.8. The first-order valence-corrected chi connectivity index (χ1v) is 9.32. The molecule has 0 aliphatic heterocycles. The van der Waals surface area contributed by atoms with Crippen LogP contribution in [0.3, 0.4) is 0 Å². The molecular formula is C22H26N4O2. The molecule has 0 atom stereocenters. The van der Waals surface area contributed by atoms with Crippen molar-refractivity contribution in [3.8, 4) is 5.75 Å². The van der Waals surface area contributed by atoms with Gasteiger partial charge in [0.2, 0.25) is 0 Å². The summed E-state index contributed by atoms with van der Waals surface area (Å²) in [4.78, 5) is 8.81. The van der Waals surface area contributed by atoms with Crippen molar-refractivity contribution in [2.75, 3.05) is 32.7 Å². The largest absolute Gasteiger partial charge is 0.493 e. The number of hydrogen-bond acceptors (Lipinski definition) is 4. The Balaban J connectivity index is 1.60. The van der Waals surface area contributed by atoms with Crippen LogP contribution in [-0.2, 0) is 11.3 Å². The molecule has 0 saturated heterocycles. The van der Waals surface area contributed by atoms with Crippen molar-refractivity contribution in [2.45, 2.75) is 13.0 Å². The molecule has 3 aromatic rings. The number of aliphatic imine (C=N–C) groups is 1. The lowest BCUT2D eigenvalue weighted by atomic mass is 10.1. The van der Waals surface area contributed by atoms with Gasteiger partial charge < -0.3 is 20.1 Å². The van der Waals surface area contributed by atoms with Gasteiger partial charge in [-0.05, 0) is 23.6 Å². The molecule has 2 N–H and O–H groups in total. The molecule has 0 aliphatic rings. The summed E-state index contributed by atoms with van der Waals surface area (Å²) in [5.41, 5.74) is 1.89. The van der Waals surface area contributed by atoms with Crippen LogP contribution in [0.25, 0.3) is 10.8 Å². The molecule has 0 fully saturated rings. The predicted molar refractivity (Wildman–Crippen MR) is 114 cm³/mol. The summed E-state index contributed by atoms with van der Waals surface area (Å²) in [5.74, 6) is 1.48. The van der Waals surface area contributed by atoms with Crippen molar-refractivity contribution in [3.05, 3.63) is 66.5 Å². The molecule has 3 rings (SSSR count). The standard InChI is InChI=1S/C22H26N4O2/c1-23-22(25-16-21-20-10-4-3-7-17(20)11-12-24-21)26-18-8-5-9-19(15-18)28-14-6-13-27-2/h3-5,7-12,15H,6,13-14,16H2,1-2H3,(H2,23,25,26). The molecule has 6 heteroatoms. The highest BCUT2D eigenvalue weighted by atomic mass is 16.5. The van der Waals surface area contributed by atoms with Crippen LogP contribution in [0.2, 0.25) is 0 Å². The highest BCUT2D eigenvalue weighted by Crippen LogP contribution is 2.18. The van der Waals surface area contributed by atoms with Crippen LogP contribution in [0.5, 0.6) is 5.75 Å². The minimum atomic E-state index is 0.578. The number of methoxy groups -OCH3 is 1. The van der Waals surface area contributed by atoms with E-state index in [1.54, 1.807) is 14.2 Å². The average molecular weight is 378 g/mol. The van der Waals surface area contributed by atoms with Gasteiger partial charge in [-0.1, -0.05) is 30.3 Å². The number of nitrogens with one attached hydrogen (secondary N) is 2. The van der Waals surface area contributed by atoms with Crippen LogP contribution in [0.1, 0.15) is 12.1 Å². The zero-order valence-electron chi connectivity index (χ0n) is 16.3. The fourth-order valence-electron chi connectivity index (χ4n) is 2.86. The van der Waals surface area contributed by atoms with Crippen LogP contribution < -0.4 is 15.4 Å². The summed E-state index contributed by atoms with van der Waals surface area (Å²) >= 11 is 0.